The van der Waals surface area contributed by atoms with Gasteiger partial charge in [0.25, 0.3) is 5.91 Å². The highest BCUT2D eigenvalue weighted by Gasteiger charge is 2.13. The van der Waals surface area contributed by atoms with Gasteiger partial charge in [0.1, 0.15) is 6.54 Å². The lowest BCUT2D eigenvalue weighted by molar-refractivity contribution is -0.116. The van der Waals surface area contributed by atoms with Crippen LogP contribution in [0.5, 0.6) is 0 Å². The fourth-order valence-corrected chi connectivity index (χ4v) is 2.90. The maximum Gasteiger partial charge on any atom is 0.276 e. The van der Waals surface area contributed by atoms with E-state index in [4.69, 9.17) is 23.2 Å². The summed E-state index contributed by atoms with van der Waals surface area (Å²) in [4.78, 5) is 24.7. The smallest absolute Gasteiger partial charge is 0.276 e. The van der Waals surface area contributed by atoms with E-state index in [1.165, 1.54) is 4.68 Å². The normalized spacial score (nSPS) is 10.6. The molecule has 2 amide bonds. The van der Waals surface area contributed by atoms with Crippen LogP contribution in [0.4, 0.5) is 11.4 Å². The number of hydrogen-bond acceptors (Lipinski definition) is 3. The van der Waals surface area contributed by atoms with Crippen LogP contribution in [-0.4, -0.2) is 21.6 Å². The van der Waals surface area contributed by atoms with E-state index in [1.54, 1.807) is 36.5 Å². The Labute approximate surface area is 172 Å². The van der Waals surface area contributed by atoms with Crippen LogP contribution >= 0.6 is 23.2 Å². The molecule has 1 aromatic heterocycles. The average Bonchev–Trinajstić information content (AvgIpc) is 3.10. The molecule has 3 aromatic rings. The summed E-state index contributed by atoms with van der Waals surface area (Å²) in [7, 11) is 0. The molecule has 0 radical (unpaired) electrons. The lowest BCUT2D eigenvalue weighted by atomic mass is 10.2. The maximum atomic E-state index is 12.4. The van der Waals surface area contributed by atoms with Gasteiger partial charge in [0.05, 0.1) is 0 Å². The van der Waals surface area contributed by atoms with E-state index in [0.29, 0.717) is 21.4 Å². The molecule has 0 unspecified atom stereocenters. The van der Waals surface area contributed by atoms with Crippen molar-refractivity contribution in [3.8, 4) is 0 Å². The quantitative estimate of drug-likeness (QED) is 0.632. The lowest BCUT2D eigenvalue weighted by Crippen LogP contribution is -2.20. The first kappa shape index (κ1) is 19.9. The number of aryl methyl sites for hydroxylation is 2. The SMILES string of the molecule is Cc1ccc(Cl)cc1NC(=O)Cn1ccc(C(=O)Nc2cc(Cl)ccc2C)n1. The minimum Gasteiger partial charge on any atom is -0.324 e. The molecule has 1 heterocycles. The Morgan fingerprint density at radius 1 is 0.929 bits per heavy atom. The zero-order chi connectivity index (χ0) is 20.3. The standard InChI is InChI=1S/C20H18Cl2N4O2/c1-12-3-5-14(21)9-17(12)23-19(27)11-26-8-7-16(25-26)20(28)24-18-10-15(22)6-4-13(18)2/h3-10H,11H2,1-2H3,(H,23,27)(H,24,28). The fourth-order valence-electron chi connectivity index (χ4n) is 2.55. The van der Waals surface area contributed by atoms with E-state index in [9.17, 15) is 9.59 Å². The molecule has 0 aliphatic heterocycles. The molecule has 0 aliphatic rings. The molecule has 0 spiro atoms. The van der Waals surface area contributed by atoms with Gasteiger partial charge in [0.2, 0.25) is 5.91 Å². The predicted octanol–water partition coefficient (Wildman–Crippen LogP) is 4.70. The highest BCUT2D eigenvalue weighted by Crippen LogP contribution is 2.21. The molecule has 0 bridgehead atoms. The number of halogens is 2. The first-order chi connectivity index (χ1) is 13.3. The van der Waals surface area contributed by atoms with Gasteiger partial charge in [0.15, 0.2) is 5.69 Å². The Hall–Kier alpha value is -2.83. The van der Waals surface area contributed by atoms with E-state index in [-0.39, 0.29) is 24.1 Å². The van der Waals surface area contributed by atoms with Crippen LogP contribution in [0.2, 0.25) is 10.0 Å². The summed E-state index contributed by atoms with van der Waals surface area (Å²) in [6, 6.07) is 12.1. The third kappa shape index (κ3) is 4.91. The van der Waals surface area contributed by atoms with Crippen LogP contribution in [0.1, 0.15) is 21.6 Å². The van der Waals surface area contributed by atoms with Crippen molar-refractivity contribution in [2.75, 3.05) is 10.6 Å². The highest BCUT2D eigenvalue weighted by molar-refractivity contribution is 6.31. The fraction of sp³-hybridized carbons (Fsp3) is 0.150. The zero-order valence-corrected chi connectivity index (χ0v) is 16.8. The number of benzene rings is 2. The second kappa shape index (κ2) is 8.46. The Balaban J connectivity index is 1.64. The van der Waals surface area contributed by atoms with Gasteiger partial charge in [-0.25, -0.2) is 0 Å². The third-order valence-corrected chi connectivity index (χ3v) is 4.57. The van der Waals surface area contributed by atoms with Crippen LogP contribution in [-0.2, 0) is 11.3 Å². The Bertz CT molecular complexity index is 1050. The van der Waals surface area contributed by atoms with Crippen molar-refractivity contribution in [2.45, 2.75) is 20.4 Å². The van der Waals surface area contributed by atoms with E-state index in [1.807, 2.05) is 26.0 Å². The van der Waals surface area contributed by atoms with Crippen LogP contribution in [0, 0.1) is 13.8 Å². The van der Waals surface area contributed by atoms with E-state index < -0.39 is 0 Å². The molecule has 2 aromatic carbocycles. The monoisotopic (exact) mass is 416 g/mol. The predicted molar refractivity (Wildman–Crippen MR) is 111 cm³/mol. The third-order valence-electron chi connectivity index (χ3n) is 4.10. The maximum absolute atomic E-state index is 12.4. The van der Waals surface area contributed by atoms with Crippen molar-refractivity contribution in [3.63, 3.8) is 0 Å². The molecule has 3 rings (SSSR count). The number of carbonyl (C=O) groups is 2. The molecule has 28 heavy (non-hydrogen) atoms. The summed E-state index contributed by atoms with van der Waals surface area (Å²) in [6.07, 6.45) is 1.57. The summed E-state index contributed by atoms with van der Waals surface area (Å²) in [5.41, 5.74) is 3.23. The molecule has 144 valence electrons. The number of amides is 2. The second-order valence-electron chi connectivity index (χ2n) is 6.32. The molecule has 6 nitrogen and oxygen atoms in total. The molecule has 0 aliphatic carbocycles. The van der Waals surface area contributed by atoms with Crippen LogP contribution < -0.4 is 10.6 Å². The first-order valence-electron chi connectivity index (χ1n) is 8.49. The second-order valence-corrected chi connectivity index (χ2v) is 7.19. The Kier molecular flexibility index (Phi) is 6.02. The Morgan fingerprint density at radius 2 is 1.50 bits per heavy atom. The molecule has 0 fully saturated rings. The van der Waals surface area contributed by atoms with E-state index in [0.717, 1.165) is 11.1 Å². The number of carbonyl (C=O) groups excluding carboxylic acids is 2. The average molecular weight is 417 g/mol. The first-order valence-corrected chi connectivity index (χ1v) is 9.24. The van der Waals surface area contributed by atoms with Crippen LogP contribution in [0.15, 0.2) is 48.7 Å². The molecule has 2 N–H and O–H groups in total. The number of aromatic nitrogens is 2. The largest absolute Gasteiger partial charge is 0.324 e. The Morgan fingerprint density at radius 3 is 2.11 bits per heavy atom. The van der Waals surface area contributed by atoms with Gasteiger partial charge in [-0.3, -0.25) is 14.3 Å². The molecule has 0 saturated heterocycles. The summed E-state index contributed by atoms with van der Waals surface area (Å²) in [5, 5.41) is 10.8. The number of nitrogens with one attached hydrogen (secondary N) is 2. The summed E-state index contributed by atoms with van der Waals surface area (Å²) in [6.45, 7) is 3.71. The summed E-state index contributed by atoms with van der Waals surface area (Å²) < 4.78 is 1.40. The van der Waals surface area contributed by atoms with E-state index in [2.05, 4.69) is 15.7 Å². The van der Waals surface area contributed by atoms with Crippen molar-refractivity contribution in [2.24, 2.45) is 0 Å². The van der Waals surface area contributed by atoms with Crippen LogP contribution in [0.25, 0.3) is 0 Å². The van der Waals surface area contributed by atoms with Crippen molar-refractivity contribution >= 4 is 46.4 Å². The molecule has 8 heteroatoms. The van der Waals surface area contributed by atoms with Gasteiger partial charge in [0, 0.05) is 27.6 Å². The van der Waals surface area contributed by atoms with E-state index >= 15 is 0 Å². The van der Waals surface area contributed by atoms with Gasteiger partial charge in [-0.05, 0) is 55.3 Å². The van der Waals surface area contributed by atoms with Crippen LogP contribution in [0.3, 0.4) is 0 Å². The minimum absolute atomic E-state index is 0.0323. The highest BCUT2D eigenvalue weighted by atomic mass is 35.5. The van der Waals surface area contributed by atoms with Gasteiger partial charge < -0.3 is 10.6 Å². The summed E-state index contributed by atoms with van der Waals surface area (Å²) >= 11 is 11.9. The topological polar surface area (TPSA) is 76.0 Å². The van der Waals surface area contributed by atoms with Gasteiger partial charge in [-0.2, -0.15) is 5.10 Å². The molecule has 0 saturated carbocycles. The number of hydrogen-bond donors (Lipinski definition) is 2. The van der Waals surface area contributed by atoms with Crippen molar-refractivity contribution in [1.82, 2.24) is 9.78 Å². The number of anilines is 2. The molecular formula is C20H18Cl2N4O2. The number of nitrogens with zero attached hydrogens (tertiary/aromatic N) is 2. The zero-order valence-electron chi connectivity index (χ0n) is 15.3. The van der Waals surface area contributed by atoms with Gasteiger partial charge in [-0.15, -0.1) is 0 Å². The van der Waals surface area contributed by atoms with Crippen molar-refractivity contribution < 1.29 is 9.59 Å². The van der Waals surface area contributed by atoms with Crippen molar-refractivity contribution in [1.29, 1.82) is 0 Å². The lowest BCUT2D eigenvalue weighted by Gasteiger charge is -2.09. The number of rotatable bonds is 5. The molecular weight excluding hydrogens is 399 g/mol. The summed E-state index contributed by atoms with van der Waals surface area (Å²) in [5.74, 6) is -0.652. The van der Waals surface area contributed by atoms with Gasteiger partial charge in [-0.1, -0.05) is 35.3 Å². The van der Waals surface area contributed by atoms with Crippen molar-refractivity contribution in [3.05, 3.63) is 75.5 Å². The molecule has 0 atom stereocenters. The minimum atomic E-state index is -0.379. The van der Waals surface area contributed by atoms with Gasteiger partial charge >= 0.3 is 0 Å².